The lowest BCUT2D eigenvalue weighted by molar-refractivity contribution is 0.397. The van der Waals surface area contributed by atoms with Crippen molar-refractivity contribution in [2.75, 3.05) is 26.2 Å². The van der Waals surface area contributed by atoms with Gasteiger partial charge >= 0.3 is 0 Å². The molecule has 1 atom stereocenters. The number of sulfone groups is 1. The molecular weight excluding hydrogens is 431 g/mol. The van der Waals surface area contributed by atoms with Crippen molar-refractivity contribution in [3.05, 3.63) is 23.9 Å². The molecule has 0 bridgehead atoms. The standard InChI is InChI=1S/C14H24N4O3S.HI/c1-11(7-8-22(4,19)20)18-14(15-2)17-10-12-5-6-13(21-3)16-9-12;/h5-6,9,11H,7-8,10H2,1-4H3,(H2,15,17,18);1H. The molecule has 0 aliphatic carbocycles. The fourth-order valence-corrected chi connectivity index (χ4v) is 2.49. The number of pyridine rings is 1. The Balaban J connectivity index is 0.00000484. The van der Waals surface area contributed by atoms with E-state index in [1.54, 1.807) is 26.4 Å². The quantitative estimate of drug-likeness (QED) is 0.364. The molecule has 0 amide bonds. The molecule has 0 saturated heterocycles. The summed E-state index contributed by atoms with van der Waals surface area (Å²) in [6, 6.07) is 3.72. The first-order chi connectivity index (χ1) is 10.3. The van der Waals surface area contributed by atoms with E-state index in [1.165, 1.54) is 6.26 Å². The summed E-state index contributed by atoms with van der Waals surface area (Å²) in [7, 11) is 0.301. The zero-order valence-corrected chi connectivity index (χ0v) is 17.0. The second-order valence-corrected chi connectivity index (χ2v) is 7.36. The summed E-state index contributed by atoms with van der Waals surface area (Å²) in [5.41, 5.74) is 0.993. The first-order valence-corrected chi connectivity index (χ1v) is 9.04. The van der Waals surface area contributed by atoms with Gasteiger partial charge in [-0.15, -0.1) is 24.0 Å². The lowest BCUT2D eigenvalue weighted by atomic mass is 10.2. The van der Waals surface area contributed by atoms with E-state index in [9.17, 15) is 8.42 Å². The van der Waals surface area contributed by atoms with Crippen LogP contribution in [0, 0.1) is 0 Å². The summed E-state index contributed by atoms with van der Waals surface area (Å²) in [6.07, 6.45) is 3.50. The summed E-state index contributed by atoms with van der Waals surface area (Å²) in [6.45, 7) is 2.49. The van der Waals surface area contributed by atoms with Crippen LogP contribution >= 0.6 is 24.0 Å². The highest BCUT2D eigenvalue weighted by Crippen LogP contribution is 2.06. The van der Waals surface area contributed by atoms with Crippen LogP contribution in [0.4, 0.5) is 0 Å². The summed E-state index contributed by atoms with van der Waals surface area (Å²) >= 11 is 0. The van der Waals surface area contributed by atoms with Crippen LogP contribution in [0.3, 0.4) is 0 Å². The van der Waals surface area contributed by atoms with Crippen LogP contribution in [0.1, 0.15) is 18.9 Å². The Morgan fingerprint density at radius 2 is 2.13 bits per heavy atom. The number of guanidine groups is 1. The molecule has 1 aromatic rings. The number of nitrogens with zero attached hydrogens (tertiary/aromatic N) is 2. The third-order valence-corrected chi connectivity index (χ3v) is 3.97. The molecule has 2 N–H and O–H groups in total. The van der Waals surface area contributed by atoms with Gasteiger partial charge in [0.15, 0.2) is 5.96 Å². The highest BCUT2D eigenvalue weighted by atomic mass is 127. The van der Waals surface area contributed by atoms with Crippen molar-refractivity contribution in [2.24, 2.45) is 4.99 Å². The maximum atomic E-state index is 11.2. The average molecular weight is 456 g/mol. The van der Waals surface area contributed by atoms with Crippen LogP contribution in [0.15, 0.2) is 23.3 Å². The molecule has 1 heterocycles. The molecule has 0 spiro atoms. The molecule has 132 valence electrons. The molecule has 0 aliphatic heterocycles. The molecule has 23 heavy (non-hydrogen) atoms. The number of ether oxygens (including phenoxy) is 1. The summed E-state index contributed by atoms with van der Waals surface area (Å²) in [5.74, 6) is 1.35. The number of hydrogen-bond acceptors (Lipinski definition) is 5. The van der Waals surface area contributed by atoms with Crippen LogP contribution in [-0.4, -0.2) is 51.6 Å². The highest BCUT2D eigenvalue weighted by Gasteiger charge is 2.09. The molecule has 0 saturated carbocycles. The number of nitrogens with one attached hydrogen (secondary N) is 2. The van der Waals surface area contributed by atoms with E-state index in [1.807, 2.05) is 13.0 Å². The van der Waals surface area contributed by atoms with Gasteiger partial charge < -0.3 is 15.4 Å². The zero-order chi connectivity index (χ0) is 16.6. The number of methoxy groups -OCH3 is 1. The van der Waals surface area contributed by atoms with Gasteiger partial charge in [0.1, 0.15) is 9.84 Å². The predicted octanol–water partition coefficient (Wildman–Crippen LogP) is 1.20. The molecule has 1 unspecified atom stereocenters. The van der Waals surface area contributed by atoms with Gasteiger partial charge in [-0.1, -0.05) is 6.07 Å². The second kappa shape index (κ2) is 10.6. The lowest BCUT2D eigenvalue weighted by Crippen LogP contribution is -2.42. The second-order valence-electron chi connectivity index (χ2n) is 5.10. The summed E-state index contributed by atoms with van der Waals surface area (Å²) < 4.78 is 27.3. The van der Waals surface area contributed by atoms with E-state index >= 15 is 0 Å². The lowest BCUT2D eigenvalue weighted by Gasteiger charge is -2.17. The Hall–Kier alpha value is -1.10. The molecule has 0 fully saturated rings. The third kappa shape index (κ3) is 9.59. The molecule has 1 rings (SSSR count). The minimum atomic E-state index is -2.94. The van der Waals surface area contributed by atoms with Crippen molar-refractivity contribution in [2.45, 2.75) is 25.9 Å². The number of halogens is 1. The Bertz CT molecular complexity index is 591. The molecule has 9 heteroatoms. The average Bonchev–Trinajstić information content (AvgIpc) is 2.49. The van der Waals surface area contributed by atoms with Gasteiger partial charge in [-0.3, -0.25) is 4.99 Å². The topological polar surface area (TPSA) is 92.7 Å². The molecule has 0 aromatic carbocycles. The Kier molecular flexibility index (Phi) is 10.1. The normalized spacial score (nSPS) is 13.0. The molecule has 7 nitrogen and oxygen atoms in total. The molecular formula is C14H25IN4O3S. The van der Waals surface area contributed by atoms with Gasteiger partial charge in [0, 0.05) is 38.2 Å². The van der Waals surface area contributed by atoms with Crippen LogP contribution in [0.25, 0.3) is 0 Å². The maximum absolute atomic E-state index is 11.2. The van der Waals surface area contributed by atoms with Crippen molar-refractivity contribution in [1.82, 2.24) is 15.6 Å². The number of hydrogen-bond donors (Lipinski definition) is 2. The number of rotatable bonds is 7. The molecule has 1 aromatic heterocycles. The first-order valence-electron chi connectivity index (χ1n) is 6.98. The van der Waals surface area contributed by atoms with Crippen LogP contribution in [0.2, 0.25) is 0 Å². The van der Waals surface area contributed by atoms with Crippen molar-refractivity contribution in [3.8, 4) is 5.88 Å². The van der Waals surface area contributed by atoms with E-state index < -0.39 is 9.84 Å². The van der Waals surface area contributed by atoms with Gasteiger partial charge in [-0.2, -0.15) is 0 Å². The van der Waals surface area contributed by atoms with Crippen molar-refractivity contribution >= 4 is 39.8 Å². The van der Waals surface area contributed by atoms with Crippen molar-refractivity contribution in [3.63, 3.8) is 0 Å². The SMILES string of the molecule is CN=C(NCc1ccc(OC)nc1)NC(C)CCS(C)(=O)=O.I. The third-order valence-electron chi connectivity index (χ3n) is 3.00. The Labute approximate surface area is 155 Å². The molecule has 0 radical (unpaired) electrons. The monoisotopic (exact) mass is 456 g/mol. The van der Waals surface area contributed by atoms with Gasteiger partial charge in [0.05, 0.1) is 12.9 Å². The Morgan fingerprint density at radius 1 is 1.43 bits per heavy atom. The van der Waals surface area contributed by atoms with E-state index in [4.69, 9.17) is 4.74 Å². The Morgan fingerprint density at radius 3 is 2.61 bits per heavy atom. The minimum absolute atomic E-state index is 0. The van der Waals surface area contributed by atoms with Crippen LogP contribution in [-0.2, 0) is 16.4 Å². The van der Waals surface area contributed by atoms with Crippen molar-refractivity contribution in [1.29, 1.82) is 0 Å². The van der Waals surface area contributed by atoms with Crippen LogP contribution < -0.4 is 15.4 Å². The highest BCUT2D eigenvalue weighted by molar-refractivity contribution is 14.0. The largest absolute Gasteiger partial charge is 0.481 e. The van der Waals surface area contributed by atoms with Gasteiger partial charge in [0.2, 0.25) is 5.88 Å². The van der Waals surface area contributed by atoms with E-state index in [2.05, 4.69) is 20.6 Å². The van der Waals surface area contributed by atoms with Gasteiger partial charge in [0.25, 0.3) is 0 Å². The van der Waals surface area contributed by atoms with Crippen LogP contribution in [0.5, 0.6) is 5.88 Å². The maximum Gasteiger partial charge on any atom is 0.212 e. The smallest absolute Gasteiger partial charge is 0.212 e. The fourth-order valence-electron chi connectivity index (χ4n) is 1.71. The van der Waals surface area contributed by atoms with Crippen molar-refractivity contribution < 1.29 is 13.2 Å². The summed E-state index contributed by atoms with van der Waals surface area (Å²) in [4.78, 5) is 8.25. The van der Waals surface area contributed by atoms with E-state index in [0.29, 0.717) is 24.8 Å². The zero-order valence-electron chi connectivity index (χ0n) is 13.9. The minimum Gasteiger partial charge on any atom is -0.481 e. The van der Waals surface area contributed by atoms with E-state index in [0.717, 1.165) is 5.56 Å². The van der Waals surface area contributed by atoms with Gasteiger partial charge in [-0.05, 0) is 18.9 Å². The molecule has 0 aliphatic rings. The number of aliphatic imine (C=N–C) groups is 1. The summed E-state index contributed by atoms with van der Waals surface area (Å²) in [5, 5.41) is 6.32. The number of aromatic nitrogens is 1. The first kappa shape index (κ1) is 21.9. The predicted molar refractivity (Wildman–Crippen MR) is 103 cm³/mol. The van der Waals surface area contributed by atoms with Gasteiger partial charge in [-0.25, -0.2) is 13.4 Å². The fraction of sp³-hybridized carbons (Fsp3) is 0.571. The van der Waals surface area contributed by atoms with E-state index in [-0.39, 0.29) is 35.8 Å².